The van der Waals surface area contributed by atoms with Crippen LogP contribution in [0, 0.1) is 0 Å². The summed E-state index contributed by atoms with van der Waals surface area (Å²) in [5, 5.41) is 3.97. The fourth-order valence-corrected chi connectivity index (χ4v) is 2.18. The van der Waals surface area contributed by atoms with Gasteiger partial charge in [-0.25, -0.2) is 4.68 Å². The molecule has 0 atom stereocenters. The second-order valence-corrected chi connectivity index (χ2v) is 4.41. The Balaban J connectivity index is 1.85. The van der Waals surface area contributed by atoms with E-state index in [-0.39, 0.29) is 5.91 Å². The summed E-state index contributed by atoms with van der Waals surface area (Å²) in [4.78, 5) is 14.4. The van der Waals surface area contributed by atoms with Gasteiger partial charge in [0.2, 0.25) is 0 Å². The Morgan fingerprint density at radius 3 is 2.79 bits per heavy atom. The van der Waals surface area contributed by atoms with Crippen LogP contribution in [0.2, 0.25) is 0 Å². The third-order valence-corrected chi connectivity index (χ3v) is 3.18. The van der Waals surface area contributed by atoms with E-state index in [9.17, 15) is 4.79 Å². The van der Waals surface area contributed by atoms with Gasteiger partial charge < -0.3 is 9.64 Å². The number of carbonyl (C=O) groups excluding carboxylic acids is 1. The molecule has 5 nitrogen and oxygen atoms in total. The van der Waals surface area contributed by atoms with E-state index in [0.717, 1.165) is 32.0 Å². The summed E-state index contributed by atoms with van der Waals surface area (Å²) in [6, 6.07) is 9.39. The quantitative estimate of drug-likeness (QED) is 0.816. The lowest BCUT2D eigenvalue weighted by Gasteiger charge is -2.29. The van der Waals surface area contributed by atoms with Gasteiger partial charge >= 0.3 is 0 Å². The molecule has 1 saturated heterocycles. The van der Waals surface area contributed by atoms with Crippen molar-refractivity contribution in [3.63, 3.8) is 0 Å². The second kappa shape index (κ2) is 5.24. The summed E-state index contributed by atoms with van der Waals surface area (Å²) >= 11 is 0. The number of carbonyl (C=O) groups is 1. The molecule has 0 saturated carbocycles. The van der Waals surface area contributed by atoms with Gasteiger partial charge in [-0.15, -0.1) is 0 Å². The minimum absolute atomic E-state index is 0.111. The summed E-state index contributed by atoms with van der Waals surface area (Å²) in [5.74, 6) is -0.111. The van der Waals surface area contributed by atoms with Gasteiger partial charge in [0.25, 0.3) is 5.91 Å². The van der Waals surface area contributed by atoms with Gasteiger partial charge in [0.1, 0.15) is 0 Å². The first-order valence-electron chi connectivity index (χ1n) is 6.32. The number of hydrogen-bond donors (Lipinski definition) is 0. The molecule has 98 valence electrons. The molecule has 5 heteroatoms. The first kappa shape index (κ1) is 11.9. The topological polar surface area (TPSA) is 47.4 Å². The van der Waals surface area contributed by atoms with Crippen LogP contribution in [0.5, 0.6) is 0 Å². The maximum atomic E-state index is 12.2. The molecule has 1 fully saturated rings. The molecule has 1 aliphatic heterocycles. The first-order chi connectivity index (χ1) is 9.34. The van der Waals surface area contributed by atoms with Crippen LogP contribution in [0.4, 0.5) is 5.69 Å². The van der Waals surface area contributed by atoms with E-state index >= 15 is 0 Å². The Morgan fingerprint density at radius 1 is 1.21 bits per heavy atom. The van der Waals surface area contributed by atoms with Crippen molar-refractivity contribution in [1.29, 1.82) is 0 Å². The molecule has 2 aromatic rings. The Hall–Kier alpha value is -2.14. The summed E-state index contributed by atoms with van der Waals surface area (Å²) in [6.45, 7) is 3.19. The molecule has 0 bridgehead atoms. The van der Waals surface area contributed by atoms with E-state index in [1.807, 2.05) is 24.3 Å². The van der Waals surface area contributed by atoms with Crippen LogP contribution in [0.3, 0.4) is 0 Å². The third kappa shape index (κ3) is 2.51. The highest BCUT2D eigenvalue weighted by atomic mass is 16.5. The second-order valence-electron chi connectivity index (χ2n) is 4.41. The standard InChI is InChI=1S/C14H15N3O2/c18-14(17-6-2-5-15-17)12-3-1-4-13(11-12)16-7-9-19-10-8-16/h1-6,11H,7-10H2. The average Bonchev–Trinajstić information content (AvgIpc) is 3.02. The normalized spacial score (nSPS) is 15.5. The van der Waals surface area contributed by atoms with Gasteiger partial charge in [0, 0.05) is 36.7 Å². The van der Waals surface area contributed by atoms with E-state index < -0.39 is 0 Å². The number of benzene rings is 1. The molecule has 1 aromatic carbocycles. The Morgan fingerprint density at radius 2 is 2.05 bits per heavy atom. The van der Waals surface area contributed by atoms with Crippen molar-refractivity contribution in [2.45, 2.75) is 0 Å². The van der Waals surface area contributed by atoms with Gasteiger partial charge in [-0.1, -0.05) is 6.07 Å². The van der Waals surface area contributed by atoms with Crippen LogP contribution >= 0.6 is 0 Å². The van der Waals surface area contributed by atoms with Gasteiger partial charge in [0.05, 0.1) is 13.2 Å². The minimum atomic E-state index is -0.111. The summed E-state index contributed by atoms with van der Waals surface area (Å²) in [7, 11) is 0. The maximum Gasteiger partial charge on any atom is 0.278 e. The fraction of sp³-hybridized carbons (Fsp3) is 0.286. The lowest BCUT2D eigenvalue weighted by Crippen LogP contribution is -2.36. The number of aromatic nitrogens is 2. The van der Waals surface area contributed by atoms with E-state index in [4.69, 9.17) is 4.74 Å². The molecule has 1 aromatic heterocycles. The monoisotopic (exact) mass is 257 g/mol. The highest BCUT2D eigenvalue weighted by molar-refractivity contribution is 5.96. The SMILES string of the molecule is O=C(c1cccc(N2CCOCC2)c1)n1cccn1. The summed E-state index contributed by atoms with van der Waals surface area (Å²) in [5.41, 5.74) is 1.70. The zero-order valence-corrected chi connectivity index (χ0v) is 10.5. The number of nitrogens with zero attached hydrogens (tertiary/aromatic N) is 3. The Kier molecular flexibility index (Phi) is 3.29. The van der Waals surface area contributed by atoms with Crippen molar-refractivity contribution >= 4 is 11.6 Å². The third-order valence-electron chi connectivity index (χ3n) is 3.18. The van der Waals surface area contributed by atoms with Crippen LogP contribution in [0.25, 0.3) is 0 Å². The molecule has 2 heterocycles. The highest BCUT2D eigenvalue weighted by Crippen LogP contribution is 2.18. The molecule has 0 spiro atoms. The predicted molar refractivity (Wildman–Crippen MR) is 71.4 cm³/mol. The molecule has 0 aliphatic carbocycles. The van der Waals surface area contributed by atoms with Crippen molar-refractivity contribution in [2.24, 2.45) is 0 Å². The maximum absolute atomic E-state index is 12.2. The minimum Gasteiger partial charge on any atom is -0.378 e. The van der Waals surface area contributed by atoms with Crippen LogP contribution in [-0.2, 0) is 4.74 Å². The van der Waals surface area contributed by atoms with Gasteiger partial charge in [-0.3, -0.25) is 4.79 Å². The largest absolute Gasteiger partial charge is 0.378 e. The molecular formula is C14H15N3O2. The molecule has 0 unspecified atom stereocenters. The van der Waals surface area contributed by atoms with Crippen molar-refractivity contribution < 1.29 is 9.53 Å². The number of hydrogen-bond acceptors (Lipinski definition) is 4. The van der Waals surface area contributed by atoms with Gasteiger partial charge in [-0.05, 0) is 24.3 Å². The average molecular weight is 257 g/mol. The molecule has 0 N–H and O–H groups in total. The Labute approximate surface area is 111 Å². The van der Waals surface area contributed by atoms with Crippen LogP contribution in [-0.4, -0.2) is 42.0 Å². The van der Waals surface area contributed by atoms with E-state index in [1.165, 1.54) is 4.68 Å². The molecule has 1 aliphatic rings. The van der Waals surface area contributed by atoms with Crippen LogP contribution < -0.4 is 4.90 Å². The molecule has 0 amide bonds. The number of rotatable bonds is 2. The van der Waals surface area contributed by atoms with E-state index in [0.29, 0.717) is 5.56 Å². The number of ether oxygens (including phenoxy) is 1. The number of morpholine rings is 1. The number of anilines is 1. The van der Waals surface area contributed by atoms with E-state index in [1.54, 1.807) is 18.5 Å². The summed E-state index contributed by atoms with van der Waals surface area (Å²) < 4.78 is 6.68. The lowest BCUT2D eigenvalue weighted by atomic mass is 10.1. The van der Waals surface area contributed by atoms with Gasteiger partial charge in [-0.2, -0.15) is 5.10 Å². The smallest absolute Gasteiger partial charge is 0.278 e. The van der Waals surface area contributed by atoms with E-state index in [2.05, 4.69) is 10.00 Å². The zero-order chi connectivity index (χ0) is 13.1. The van der Waals surface area contributed by atoms with Crippen molar-refractivity contribution in [1.82, 2.24) is 9.78 Å². The molecule has 0 radical (unpaired) electrons. The molecular weight excluding hydrogens is 242 g/mol. The Bertz CT molecular complexity index is 560. The van der Waals surface area contributed by atoms with Crippen molar-refractivity contribution in [3.8, 4) is 0 Å². The zero-order valence-electron chi connectivity index (χ0n) is 10.5. The molecule has 3 rings (SSSR count). The predicted octanol–water partition coefficient (Wildman–Crippen LogP) is 1.41. The summed E-state index contributed by atoms with van der Waals surface area (Å²) in [6.07, 6.45) is 3.26. The van der Waals surface area contributed by atoms with Crippen LogP contribution in [0.15, 0.2) is 42.7 Å². The highest BCUT2D eigenvalue weighted by Gasteiger charge is 2.14. The lowest BCUT2D eigenvalue weighted by molar-refractivity contribution is 0.0945. The van der Waals surface area contributed by atoms with Crippen molar-refractivity contribution in [3.05, 3.63) is 48.3 Å². The van der Waals surface area contributed by atoms with Gasteiger partial charge in [0.15, 0.2) is 0 Å². The van der Waals surface area contributed by atoms with Crippen molar-refractivity contribution in [2.75, 3.05) is 31.2 Å². The fourth-order valence-electron chi connectivity index (χ4n) is 2.18. The first-order valence-corrected chi connectivity index (χ1v) is 6.32. The molecule has 19 heavy (non-hydrogen) atoms. The van der Waals surface area contributed by atoms with Crippen LogP contribution in [0.1, 0.15) is 10.4 Å².